The van der Waals surface area contributed by atoms with Crippen LogP contribution in [-0.4, -0.2) is 26.7 Å². The van der Waals surface area contributed by atoms with Crippen molar-refractivity contribution in [2.75, 3.05) is 5.75 Å². The minimum atomic E-state index is 0.0150. The number of halogens is 1. The Bertz CT molecular complexity index is 775. The van der Waals surface area contributed by atoms with E-state index < -0.39 is 0 Å². The molecular formula is C15H10BrN3O2S. The highest BCUT2D eigenvalue weighted by molar-refractivity contribution is 9.10. The summed E-state index contributed by atoms with van der Waals surface area (Å²) in [5.41, 5.74) is 1.46. The predicted molar refractivity (Wildman–Crippen MR) is 86.7 cm³/mol. The molecule has 22 heavy (non-hydrogen) atoms. The lowest BCUT2D eigenvalue weighted by atomic mass is 10.2. The summed E-state index contributed by atoms with van der Waals surface area (Å²) in [5, 5.41) is 8.28. The number of carbonyl (C=O) groups excluding carboxylic acids is 1. The summed E-state index contributed by atoms with van der Waals surface area (Å²) < 4.78 is 6.47. The lowest BCUT2D eigenvalue weighted by Crippen LogP contribution is -2.01. The highest BCUT2D eigenvalue weighted by Crippen LogP contribution is 2.23. The molecule has 0 aliphatic carbocycles. The number of pyridine rings is 1. The predicted octanol–water partition coefficient (Wildman–Crippen LogP) is 3.87. The molecule has 1 aromatic carbocycles. The first-order chi connectivity index (χ1) is 10.7. The molecule has 5 nitrogen and oxygen atoms in total. The van der Waals surface area contributed by atoms with E-state index in [0.717, 1.165) is 10.0 Å². The molecular weight excluding hydrogens is 366 g/mol. The maximum Gasteiger partial charge on any atom is 0.277 e. The van der Waals surface area contributed by atoms with Crippen LogP contribution in [0.5, 0.6) is 0 Å². The third-order valence-corrected chi connectivity index (χ3v) is 4.17. The summed E-state index contributed by atoms with van der Waals surface area (Å²) in [7, 11) is 0. The molecule has 0 aliphatic rings. The van der Waals surface area contributed by atoms with E-state index in [4.69, 9.17) is 4.42 Å². The molecule has 110 valence electrons. The molecule has 0 unspecified atom stereocenters. The number of aromatic nitrogens is 3. The van der Waals surface area contributed by atoms with Crippen LogP contribution in [0.4, 0.5) is 0 Å². The molecule has 3 rings (SSSR count). The lowest BCUT2D eigenvalue weighted by molar-refractivity contribution is 0.102. The molecule has 0 N–H and O–H groups in total. The quantitative estimate of drug-likeness (QED) is 0.497. The number of hydrogen-bond donors (Lipinski definition) is 0. The minimum Gasteiger partial charge on any atom is -0.411 e. The van der Waals surface area contributed by atoms with E-state index in [1.54, 1.807) is 36.7 Å². The molecule has 0 amide bonds. The Balaban J connectivity index is 1.64. The van der Waals surface area contributed by atoms with Crippen molar-refractivity contribution in [3.8, 4) is 11.5 Å². The van der Waals surface area contributed by atoms with E-state index in [1.165, 1.54) is 11.8 Å². The molecule has 7 heteroatoms. The second-order valence-corrected chi connectivity index (χ2v) is 6.17. The third-order valence-electron chi connectivity index (χ3n) is 2.83. The molecule has 3 aromatic rings. The van der Waals surface area contributed by atoms with Crippen molar-refractivity contribution >= 4 is 33.5 Å². The first kappa shape index (κ1) is 14.9. The third kappa shape index (κ3) is 3.61. The molecule has 0 bridgehead atoms. The number of carbonyl (C=O) groups is 1. The minimum absolute atomic E-state index is 0.0150. The monoisotopic (exact) mass is 375 g/mol. The Morgan fingerprint density at radius 1 is 1.09 bits per heavy atom. The number of hydrogen-bond acceptors (Lipinski definition) is 6. The van der Waals surface area contributed by atoms with Gasteiger partial charge in [0.25, 0.3) is 5.22 Å². The Morgan fingerprint density at radius 3 is 2.55 bits per heavy atom. The van der Waals surface area contributed by atoms with Gasteiger partial charge < -0.3 is 4.42 Å². The van der Waals surface area contributed by atoms with Crippen LogP contribution < -0.4 is 0 Å². The van der Waals surface area contributed by atoms with Crippen LogP contribution in [0.2, 0.25) is 0 Å². The van der Waals surface area contributed by atoms with Gasteiger partial charge in [0.1, 0.15) is 0 Å². The zero-order valence-corrected chi connectivity index (χ0v) is 13.7. The van der Waals surface area contributed by atoms with Crippen molar-refractivity contribution in [3.05, 3.63) is 58.8 Å². The van der Waals surface area contributed by atoms with Crippen molar-refractivity contribution in [3.63, 3.8) is 0 Å². The van der Waals surface area contributed by atoms with E-state index in [1.807, 2.05) is 12.1 Å². The normalized spacial score (nSPS) is 10.6. The van der Waals surface area contributed by atoms with E-state index in [9.17, 15) is 4.79 Å². The van der Waals surface area contributed by atoms with Crippen LogP contribution in [0.25, 0.3) is 11.5 Å². The van der Waals surface area contributed by atoms with Crippen LogP contribution >= 0.6 is 27.7 Å². The summed E-state index contributed by atoms with van der Waals surface area (Å²) in [5.74, 6) is 0.682. The highest BCUT2D eigenvalue weighted by atomic mass is 79.9. The summed E-state index contributed by atoms with van der Waals surface area (Å²) in [6.07, 6.45) is 3.31. The zero-order valence-electron chi connectivity index (χ0n) is 11.3. The Morgan fingerprint density at radius 2 is 1.82 bits per heavy atom. The summed E-state index contributed by atoms with van der Waals surface area (Å²) in [6, 6.07) is 10.8. The van der Waals surface area contributed by atoms with Crippen LogP contribution in [0.1, 0.15) is 10.4 Å². The molecule has 2 aromatic heterocycles. The van der Waals surface area contributed by atoms with Gasteiger partial charge in [-0.1, -0.05) is 39.8 Å². The lowest BCUT2D eigenvalue weighted by Gasteiger charge is -1.99. The molecule has 0 spiro atoms. The number of benzene rings is 1. The summed E-state index contributed by atoms with van der Waals surface area (Å²) in [4.78, 5) is 16.0. The molecule has 0 radical (unpaired) electrons. The smallest absolute Gasteiger partial charge is 0.277 e. The van der Waals surface area contributed by atoms with Gasteiger partial charge in [-0.05, 0) is 24.3 Å². The second kappa shape index (κ2) is 6.85. The zero-order chi connectivity index (χ0) is 15.4. The van der Waals surface area contributed by atoms with Crippen molar-refractivity contribution < 1.29 is 9.21 Å². The number of ketones is 1. The van der Waals surface area contributed by atoms with Gasteiger partial charge in [-0.2, -0.15) is 0 Å². The van der Waals surface area contributed by atoms with Crippen molar-refractivity contribution in [1.29, 1.82) is 0 Å². The molecule has 0 aliphatic heterocycles. The molecule has 0 saturated heterocycles. The molecule has 0 atom stereocenters. The van der Waals surface area contributed by atoms with Gasteiger partial charge in [-0.3, -0.25) is 9.78 Å². The van der Waals surface area contributed by atoms with Gasteiger partial charge in [0.15, 0.2) is 5.78 Å². The molecule has 0 fully saturated rings. The Kier molecular flexibility index (Phi) is 4.65. The maximum atomic E-state index is 12.1. The van der Waals surface area contributed by atoms with Crippen LogP contribution in [-0.2, 0) is 0 Å². The van der Waals surface area contributed by atoms with Crippen LogP contribution in [0.15, 0.2) is 62.9 Å². The average molecular weight is 376 g/mol. The summed E-state index contributed by atoms with van der Waals surface area (Å²) >= 11 is 4.57. The summed E-state index contributed by atoms with van der Waals surface area (Å²) in [6.45, 7) is 0. The topological polar surface area (TPSA) is 68.9 Å². The van der Waals surface area contributed by atoms with Gasteiger partial charge in [0, 0.05) is 28.0 Å². The second-order valence-electron chi connectivity index (χ2n) is 4.33. The van der Waals surface area contributed by atoms with E-state index in [2.05, 4.69) is 31.1 Å². The number of thioether (sulfide) groups is 1. The van der Waals surface area contributed by atoms with E-state index in [-0.39, 0.29) is 11.5 Å². The molecule has 2 heterocycles. The fourth-order valence-corrected chi connectivity index (χ4v) is 2.65. The Hall–Kier alpha value is -1.99. The van der Waals surface area contributed by atoms with Gasteiger partial charge in [0.05, 0.1) is 5.75 Å². The standard InChI is InChI=1S/C15H10BrN3O2S/c16-12-3-1-10(2-4-12)13(20)9-22-15-19-18-14(21-15)11-5-7-17-8-6-11/h1-8H,9H2. The van der Waals surface area contributed by atoms with Crippen molar-refractivity contribution in [2.45, 2.75) is 5.22 Å². The van der Waals surface area contributed by atoms with Gasteiger partial charge in [-0.15, -0.1) is 10.2 Å². The fourth-order valence-electron chi connectivity index (χ4n) is 1.73. The van der Waals surface area contributed by atoms with E-state index >= 15 is 0 Å². The van der Waals surface area contributed by atoms with E-state index in [0.29, 0.717) is 16.7 Å². The van der Waals surface area contributed by atoms with Crippen LogP contribution in [0.3, 0.4) is 0 Å². The van der Waals surface area contributed by atoms with Crippen molar-refractivity contribution in [1.82, 2.24) is 15.2 Å². The highest BCUT2D eigenvalue weighted by Gasteiger charge is 2.12. The number of nitrogens with zero attached hydrogens (tertiary/aromatic N) is 3. The van der Waals surface area contributed by atoms with Crippen molar-refractivity contribution in [2.24, 2.45) is 0 Å². The molecule has 0 saturated carbocycles. The fraction of sp³-hybridized carbons (Fsp3) is 0.0667. The average Bonchev–Trinajstić information content (AvgIpc) is 3.03. The van der Waals surface area contributed by atoms with Crippen LogP contribution in [0, 0.1) is 0 Å². The van der Waals surface area contributed by atoms with Gasteiger partial charge >= 0.3 is 0 Å². The van der Waals surface area contributed by atoms with Gasteiger partial charge in [-0.25, -0.2) is 0 Å². The number of Topliss-reactive ketones (excluding diaryl/α,β-unsaturated/α-hetero) is 1. The maximum absolute atomic E-state index is 12.1. The largest absolute Gasteiger partial charge is 0.411 e. The Labute approximate surface area is 139 Å². The number of rotatable bonds is 5. The first-order valence-corrected chi connectivity index (χ1v) is 8.16. The van der Waals surface area contributed by atoms with Gasteiger partial charge in [0.2, 0.25) is 5.89 Å². The first-order valence-electron chi connectivity index (χ1n) is 6.38. The SMILES string of the molecule is O=C(CSc1nnc(-c2ccncc2)o1)c1ccc(Br)cc1.